The molecule has 0 aromatic carbocycles. The molecule has 0 spiro atoms. The van der Waals surface area contributed by atoms with E-state index >= 15 is 0 Å². The number of hydrogen-bond donors (Lipinski definition) is 1. The Kier molecular flexibility index (Phi) is 5.80. The minimum Gasteiger partial charge on any atom is -0.382 e. The van der Waals surface area contributed by atoms with E-state index in [0.717, 1.165) is 25.8 Å². The van der Waals surface area contributed by atoms with Crippen molar-refractivity contribution >= 4 is 17.3 Å². The van der Waals surface area contributed by atoms with E-state index in [1.807, 2.05) is 16.9 Å². The Morgan fingerprint density at radius 2 is 2.14 bits per heavy atom. The first kappa shape index (κ1) is 15.6. The lowest BCUT2D eigenvalue weighted by atomic mass is 10.3. The molecule has 0 saturated carbocycles. The van der Waals surface area contributed by atoms with Gasteiger partial charge in [-0.15, -0.1) is 0 Å². The fourth-order valence-electron chi connectivity index (χ4n) is 1.95. The summed E-state index contributed by atoms with van der Waals surface area (Å²) in [5.41, 5.74) is 0.358. The molecule has 2 aromatic rings. The first-order valence-corrected chi connectivity index (χ1v) is 7.57. The zero-order valence-electron chi connectivity index (χ0n) is 12.1. The predicted molar refractivity (Wildman–Crippen MR) is 83.7 cm³/mol. The molecule has 21 heavy (non-hydrogen) atoms. The molecule has 0 amide bonds. The van der Waals surface area contributed by atoms with Crippen LogP contribution in [0.15, 0.2) is 29.5 Å². The van der Waals surface area contributed by atoms with Crippen LogP contribution >= 0.6 is 11.6 Å². The van der Waals surface area contributed by atoms with Crippen molar-refractivity contribution in [2.45, 2.75) is 39.3 Å². The Labute approximate surface area is 128 Å². The summed E-state index contributed by atoms with van der Waals surface area (Å²) in [6.45, 7) is 4.20. The minimum absolute atomic E-state index is 0.209. The van der Waals surface area contributed by atoms with Gasteiger partial charge in [-0.3, -0.25) is 9.48 Å². The van der Waals surface area contributed by atoms with Gasteiger partial charge in [0.15, 0.2) is 0 Å². The van der Waals surface area contributed by atoms with Crippen LogP contribution in [-0.2, 0) is 13.1 Å². The zero-order chi connectivity index (χ0) is 15.1. The van der Waals surface area contributed by atoms with Gasteiger partial charge in [0, 0.05) is 32.0 Å². The first-order chi connectivity index (χ1) is 10.2. The monoisotopic (exact) mass is 309 g/mol. The number of aromatic nitrogens is 4. The molecule has 1 N–H and O–H groups in total. The lowest BCUT2D eigenvalue weighted by molar-refractivity contribution is 0.543. The van der Waals surface area contributed by atoms with Crippen molar-refractivity contribution in [3.8, 4) is 0 Å². The highest BCUT2D eigenvalue weighted by molar-refractivity contribution is 6.32. The number of halogens is 1. The standard InChI is InChI=1S/C14H20ClN5O/c1-2-3-10-20-14(21)13(15)12(11-18-20)16-6-4-8-19-9-5-7-17-19/h5,7,9,11,16H,2-4,6,8,10H2,1H3. The molecular weight excluding hydrogens is 290 g/mol. The number of nitrogens with zero attached hydrogens (tertiary/aromatic N) is 4. The molecule has 0 unspecified atom stereocenters. The smallest absolute Gasteiger partial charge is 0.287 e. The van der Waals surface area contributed by atoms with Gasteiger partial charge in [0.05, 0.1) is 11.9 Å². The van der Waals surface area contributed by atoms with E-state index in [0.29, 0.717) is 18.8 Å². The lowest BCUT2D eigenvalue weighted by Gasteiger charge is -2.10. The highest BCUT2D eigenvalue weighted by Crippen LogP contribution is 2.15. The van der Waals surface area contributed by atoms with E-state index in [2.05, 4.69) is 22.4 Å². The number of nitrogens with one attached hydrogen (secondary N) is 1. The van der Waals surface area contributed by atoms with Crippen LogP contribution in [0.4, 0.5) is 5.69 Å². The normalized spacial score (nSPS) is 10.8. The van der Waals surface area contributed by atoms with Crippen molar-refractivity contribution in [3.63, 3.8) is 0 Å². The maximum Gasteiger partial charge on any atom is 0.287 e. The fourth-order valence-corrected chi connectivity index (χ4v) is 2.17. The summed E-state index contributed by atoms with van der Waals surface area (Å²) in [6, 6.07) is 1.89. The summed E-state index contributed by atoms with van der Waals surface area (Å²) in [7, 11) is 0. The number of rotatable bonds is 8. The van der Waals surface area contributed by atoms with E-state index in [9.17, 15) is 4.79 Å². The third-order valence-electron chi connectivity index (χ3n) is 3.15. The maximum absolute atomic E-state index is 12.0. The Morgan fingerprint density at radius 3 is 2.86 bits per heavy atom. The van der Waals surface area contributed by atoms with Gasteiger partial charge in [-0.1, -0.05) is 24.9 Å². The average molecular weight is 310 g/mol. The van der Waals surface area contributed by atoms with E-state index in [-0.39, 0.29) is 10.6 Å². The number of anilines is 1. The summed E-state index contributed by atoms with van der Waals surface area (Å²) in [6.07, 6.45) is 8.11. The largest absolute Gasteiger partial charge is 0.382 e. The molecule has 0 fully saturated rings. The Bertz CT molecular complexity index is 608. The molecule has 0 aliphatic rings. The second kappa shape index (κ2) is 7.83. The number of aryl methyl sites for hydroxylation is 2. The highest BCUT2D eigenvalue weighted by atomic mass is 35.5. The average Bonchev–Trinajstić information content (AvgIpc) is 3.00. The van der Waals surface area contributed by atoms with Crippen molar-refractivity contribution < 1.29 is 0 Å². The van der Waals surface area contributed by atoms with Gasteiger partial charge in [0.2, 0.25) is 0 Å². The second-order valence-electron chi connectivity index (χ2n) is 4.80. The molecule has 2 heterocycles. The van der Waals surface area contributed by atoms with Crippen LogP contribution < -0.4 is 10.9 Å². The molecule has 0 radical (unpaired) electrons. The van der Waals surface area contributed by atoms with E-state index < -0.39 is 0 Å². The predicted octanol–water partition coefficient (Wildman–Crippen LogP) is 2.40. The molecule has 0 aliphatic carbocycles. The summed E-state index contributed by atoms with van der Waals surface area (Å²) < 4.78 is 3.28. The van der Waals surface area contributed by atoms with Gasteiger partial charge in [0.25, 0.3) is 5.56 Å². The van der Waals surface area contributed by atoms with Crippen LogP contribution in [0.25, 0.3) is 0 Å². The molecular formula is C14H20ClN5O. The summed E-state index contributed by atoms with van der Waals surface area (Å²) in [5, 5.41) is 11.6. The van der Waals surface area contributed by atoms with Gasteiger partial charge in [-0.25, -0.2) is 4.68 Å². The van der Waals surface area contributed by atoms with Gasteiger partial charge >= 0.3 is 0 Å². The molecule has 0 aliphatic heterocycles. The zero-order valence-corrected chi connectivity index (χ0v) is 12.9. The lowest BCUT2D eigenvalue weighted by Crippen LogP contribution is -2.24. The molecule has 0 saturated heterocycles. The van der Waals surface area contributed by atoms with E-state index in [4.69, 9.17) is 11.6 Å². The van der Waals surface area contributed by atoms with Gasteiger partial charge in [-0.2, -0.15) is 10.2 Å². The van der Waals surface area contributed by atoms with Crippen molar-refractivity contribution in [1.29, 1.82) is 0 Å². The van der Waals surface area contributed by atoms with Crippen molar-refractivity contribution in [3.05, 3.63) is 40.0 Å². The van der Waals surface area contributed by atoms with Crippen LogP contribution in [0.5, 0.6) is 0 Å². The SMILES string of the molecule is CCCCn1ncc(NCCCn2cccn2)c(Cl)c1=O. The maximum atomic E-state index is 12.0. The topological polar surface area (TPSA) is 64.7 Å². The molecule has 7 heteroatoms. The van der Waals surface area contributed by atoms with Crippen LogP contribution in [0.2, 0.25) is 5.02 Å². The van der Waals surface area contributed by atoms with Crippen LogP contribution in [0, 0.1) is 0 Å². The molecule has 2 aromatic heterocycles. The second-order valence-corrected chi connectivity index (χ2v) is 5.18. The van der Waals surface area contributed by atoms with Crippen LogP contribution in [0.1, 0.15) is 26.2 Å². The Hall–Kier alpha value is -1.82. The van der Waals surface area contributed by atoms with Crippen molar-refractivity contribution in [2.75, 3.05) is 11.9 Å². The Balaban J connectivity index is 1.88. The van der Waals surface area contributed by atoms with E-state index in [1.165, 1.54) is 4.68 Å². The number of unbranched alkanes of at least 4 members (excludes halogenated alkanes) is 1. The quantitative estimate of drug-likeness (QED) is 0.760. The summed E-state index contributed by atoms with van der Waals surface area (Å²) >= 11 is 6.10. The minimum atomic E-state index is -0.234. The van der Waals surface area contributed by atoms with Crippen molar-refractivity contribution in [2.24, 2.45) is 0 Å². The number of hydrogen-bond acceptors (Lipinski definition) is 4. The fraction of sp³-hybridized carbons (Fsp3) is 0.500. The summed E-state index contributed by atoms with van der Waals surface area (Å²) in [4.78, 5) is 12.0. The molecule has 114 valence electrons. The summed E-state index contributed by atoms with van der Waals surface area (Å²) in [5.74, 6) is 0. The third-order valence-corrected chi connectivity index (χ3v) is 3.51. The van der Waals surface area contributed by atoms with E-state index in [1.54, 1.807) is 12.4 Å². The molecule has 2 rings (SSSR count). The van der Waals surface area contributed by atoms with Gasteiger partial charge in [0.1, 0.15) is 5.02 Å². The first-order valence-electron chi connectivity index (χ1n) is 7.19. The highest BCUT2D eigenvalue weighted by Gasteiger charge is 2.08. The molecule has 0 bridgehead atoms. The Morgan fingerprint density at radius 1 is 1.29 bits per heavy atom. The molecule has 0 atom stereocenters. The van der Waals surface area contributed by atoms with Crippen molar-refractivity contribution in [1.82, 2.24) is 19.6 Å². The van der Waals surface area contributed by atoms with Gasteiger partial charge < -0.3 is 5.32 Å². The van der Waals surface area contributed by atoms with Crippen LogP contribution in [0.3, 0.4) is 0 Å². The van der Waals surface area contributed by atoms with Gasteiger partial charge in [-0.05, 0) is 18.9 Å². The third kappa shape index (κ3) is 4.32. The molecule has 6 nitrogen and oxygen atoms in total. The van der Waals surface area contributed by atoms with Crippen LogP contribution in [-0.4, -0.2) is 26.1 Å².